The third-order valence-electron chi connectivity index (χ3n) is 11.5. The van der Waals surface area contributed by atoms with Crippen LogP contribution in [0.3, 0.4) is 0 Å². The first-order valence-corrected chi connectivity index (χ1v) is 25.4. The normalized spacial score (nSPS) is 10.3. The van der Waals surface area contributed by atoms with E-state index in [1.165, 1.54) is 0 Å². The van der Waals surface area contributed by atoms with Gasteiger partial charge in [0.25, 0.3) is 5.91 Å². The molecule has 0 fully saturated rings. The van der Waals surface area contributed by atoms with E-state index >= 15 is 0 Å². The van der Waals surface area contributed by atoms with Crippen molar-refractivity contribution < 1.29 is 28.6 Å². The zero-order valence-electron chi connectivity index (χ0n) is 43.5. The summed E-state index contributed by atoms with van der Waals surface area (Å²) < 4.78 is 16.4. The first-order chi connectivity index (χ1) is 38.6. The number of carbonyl (C=O) groups is 3. The Morgan fingerprint density at radius 2 is 1.18 bits per heavy atom. The van der Waals surface area contributed by atoms with Crippen molar-refractivity contribution in [1.29, 1.82) is 0 Å². The summed E-state index contributed by atoms with van der Waals surface area (Å²) >= 11 is 5.99. The van der Waals surface area contributed by atoms with Crippen LogP contribution in [0.5, 0.6) is 17.2 Å². The first-order valence-electron chi connectivity index (χ1n) is 25.1. The molecule has 9 rings (SSSR count). The molecule has 402 valence electrons. The lowest BCUT2D eigenvalue weighted by Gasteiger charge is -2.13. The van der Waals surface area contributed by atoms with Crippen molar-refractivity contribution in [3.8, 4) is 39.8 Å². The molecular weight excluding hydrogens is 1020 g/mol. The number of methoxy groups -OCH3 is 2. The Labute approximate surface area is 463 Å². The van der Waals surface area contributed by atoms with Crippen LogP contribution in [0, 0.1) is 0 Å². The lowest BCUT2D eigenvalue weighted by atomic mass is 10.0. The number of para-hydroxylation sites is 2. The number of aromatic nitrogens is 6. The maximum atomic E-state index is 12.2. The van der Waals surface area contributed by atoms with Gasteiger partial charge >= 0.3 is 0 Å². The minimum atomic E-state index is -0.492. The summed E-state index contributed by atoms with van der Waals surface area (Å²) in [4.78, 5) is 60.9. The number of anilines is 4. The van der Waals surface area contributed by atoms with Gasteiger partial charge in [0.1, 0.15) is 11.6 Å². The highest BCUT2D eigenvalue weighted by Crippen LogP contribution is 2.31. The van der Waals surface area contributed by atoms with Crippen molar-refractivity contribution in [2.45, 2.75) is 19.3 Å². The van der Waals surface area contributed by atoms with Crippen molar-refractivity contribution in [2.75, 3.05) is 61.7 Å². The molecule has 0 bridgehead atoms. The molecular formula is C60H59ClN12O6. The smallest absolute Gasteiger partial charge is 0.256 e. The van der Waals surface area contributed by atoms with Crippen LogP contribution in [-0.4, -0.2) is 88.1 Å². The molecule has 0 radical (unpaired) electrons. The number of rotatable bonds is 22. The minimum Gasteiger partial charge on any atom is -0.494 e. The summed E-state index contributed by atoms with van der Waals surface area (Å²) in [5, 5.41) is 13.0. The Morgan fingerprint density at radius 1 is 0.557 bits per heavy atom. The third kappa shape index (κ3) is 17.8. The fourth-order valence-corrected chi connectivity index (χ4v) is 7.88. The SMILES string of the molecule is COc1cccc(CCNc2nccc(-c3ccccc3C(N)=O)n2)c1OC.NC(=O)c1ccc(-c2ccnc(NCCc3cccc(Cl)c3)n2)cc1.O=C(Nc1ccnc(NCCCOc2ccccc2)n1)c1ccccc1. The summed E-state index contributed by atoms with van der Waals surface area (Å²) in [7, 11) is 3.24. The topological polar surface area (TPSA) is 256 Å². The molecule has 0 aliphatic rings. The zero-order chi connectivity index (χ0) is 55.6. The van der Waals surface area contributed by atoms with Crippen LogP contribution >= 0.6 is 11.6 Å². The van der Waals surface area contributed by atoms with E-state index in [2.05, 4.69) is 51.2 Å². The molecule has 3 heterocycles. The summed E-state index contributed by atoms with van der Waals surface area (Å²) in [5.41, 5.74) is 17.3. The molecule has 6 aromatic carbocycles. The molecule has 0 saturated heterocycles. The molecule has 18 nitrogen and oxygen atoms in total. The highest BCUT2D eigenvalue weighted by molar-refractivity contribution is 6.30. The molecule has 19 heteroatoms. The Morgan fingerprint density at radius 3 is 1.86 bits per heavy atom. The predicted molar refractivity (Wildman–Crippen MR) is 309 cm³/mol. The number of primary amides is 2. The number of amides is 3. The van der Waals surface area contributed by atoms with Crippen molar-refractivity contribution >= 4 is 53.0 Å². The monoisotopic (exact) mass is 1080 g/mol. The molecule has 0 aliphatic heterocycles. The van der Waals surface area contributed by atoms with Crippen LogP contribution in [0.1, 0.15) is 48.6 Å². The quantitative estimate of drug-likeness (QED) is 0.0345. The largest absolute Gasteiger partial charge is 0.494 e. The van der Waals surface area contributed by atoms with Crippen LogP contribution in [0.15, 0.2) is 188 Å². The Kier molecular flexibility index (Phi) is 21.5. The van der Waals surface area contributed by atoms with E-state index < -0.39 is 11.8 Å². The van der Waals surface area contributed by atoms with Gasteiger partial charge in [-0.1, -0.05) is 103 Å². The van der Waals surface area contributed by atoms with Gasteiger partial charge in [-0.2, -0.15) is 4.98 Å². The molecule has 79 heavy (non-hydrogen) atoms. The summed E-state index contributed by atoms with van der Waals surface area (Å²) in [6.45, 7) is 2.57. The van der Waals surface area contributed by atoms with Gasteiger partial charge < -0.3 is 46.9 Å². The van der Waals surface area contributed by atoms with Crippen molar-refractivity contribution in [1.82, 2.24) is 29.9 Å². The molecule has 0 unspecified atom stereocenters. The van der Waals surface area contributed by atoms with E-state index in [9.17, 15) is 14.4 Å². The van der Waals surface area contributed by atoms with Crippen molar-refractivity contribution in [3.63, 3.8) is 0 Å². The Hall–Kier alpha value is -9.94. The first kappa shape index (κ1) is 56.8. The second kappa shape index (κ2) is 30.0. The number of benzene rings is 6. The van der Waals surface area contributed by atoms with Gasteiger partial charge in [0.2, 0.25) is 29.7 Å². The third-order valence-corrected chi connectivity index (χ3v) is 11.8. The van der Waals surface area contributed by atoms with Gasteiger partial charge in [0.05, 0.1) is 32.2 Å². The van der Waals surface area contributed by atoms with Crippen LogP contribution in [0.4, 0.5) is 23.7 Å². The summed E-state index contributed by atoms with van der Waals surface area (Å²) in [5.74, 6) is 3.08. The van der Waals surface area contributed by atoms with E-state index in [0.29, 0.717) is 90.0 Å². The minimum absolute atomic E-state index is 0.202. The molecule has 0 spiro atoms. The zero-order valence-corrected chi connectivity index (χ0v) is 44.3. The van der Waals surface area contributed by atoms with Gasteiger partial charge in [0, 0.05) is 71.1 Å². The van der Waals surface area contributed by atoms with Crippen LogP contribution < -0.4 is 46.9 Å². The predicted octanol–water partition coefficient (Wildman–Crippen LogP) is 10.1. The van der Waals surface area contributed by atoms with E-state index in [1.807, 2.05) is 121 Å². The van der Waals surface area contributed by atoms with Crippen LogP contribution in [0.2, 0.25) is 5.02 Å². The van der Waals surface area contributed by atoms with E-state index in [1.54, 1.807) is 81.3 Å². The second-order valence-corrected chi connectivity index (χ2v) is 17.5. The number of nitrogens with two attached hydrogens (primary N) is 2. The highest BCUT2D eigenvalue weighted by Gasteiger charge is 2.13. The molecule has 0 aliphatic carbocycles. The molecule has 3 amide bonds. The molecule has 3 aromatic heterocycles. The molecule has 8 N–H and O–H groups in total. The molecule has 0 atom stereocenters. The Bertz CT molecular complexity index is 3400. The number of hydrogen-bond acceptors (Lipinski definition) is 15. The van der Waals surface area contributed by atoms with Gasteiger partial charge in [-0.05, 0) is 109 Å². The van der Waals surface area contributed by atoms with Gasteiger partial charge in [-0.3, -0.25) is 14.4 Å². The number of ether oxygens (including phenoxy) is 3. The highest BCUT2D eigenvalue weighted by atomic mass is 35.5. The average Bonchev–Trinajstić information content (AvgIpc) is 3.48. The fraction of sp³-hybridized carbons (Fsp3) is 0.150. The van der Waals surface area contributed by atoms with E-state index in [-0.39, 0.29) is 5.91 Å². The van der Waals surface area contributed by atoms with Crippen LogP contribution in [-0.2, 0) is 12.8 Å². The number of halogens is 1. The molecule has 9 aromatic rings. The van der Waals surface area contributed by atoms with Gasteiger partial charge in [0.15, 0.2) is 11.5 Å². The average molecular weight is 1080 g/mol. The summed E-state index contributed by atoms with van der Waals surface area (Å²) in [6.07, 6.45) is 7.28. The Balaban J connectivity index is 0.000000172. The number of nitrogens with zero attached hydrogens (tertiary/aromatic N) is 6. The van der Waals surface area contributed by atoms with Gasteiger partial charge in [-0.25, -0.2) is 24.9 Å². The fourth-order valence-electron chi connectivity index (χ4n) is 7.67. The maximum Gasteiger partial charge on any atom is 0.256 e. The number of nitrogens with one attached hydrogen (secondary N) is 4. The molecule has 0 saturated carbocycles. The lowest BCUT2D eigenvalue weighted by Crippen LogP contribution is -2.14. The number of hydrogen-bond donors (Lipinski definition) is 6. The number of carbonyl (C=O) groups excluding carboxylic acids is 3. The van der Waals surface area contributed by atoms with E-state index in [4.69, 9.17) is 37.3 Å². The van der Waals surface area contributed by atoms with Crippen molar-refractivity contribution in [2.24, 2.45) is 11.5 Å². The maximum absolute atomic E-state index is 12.2. The van der Waals surface area contributed by atoms with Crippen LogP contribution in [0.25, 0.3) is 22.5 Å². The van der Waals surface area contributed by atoms with Gasteiger partial charge in [-0.15, -0.1) is 0 Å². The summed E-state index contributed by atoms with van der Waals surface area (Å²) in [6, 6.07) is 51.6. The lowest BCUT2D eigenvalue weighted by molar-refractivity contribution is 0.0992. The van der Waals surface area contributed by atoms with Crippen molar-refractivity contribution in [3.05, 3.63) is 221 Å². The van der Waals surface area contributed by atoms with E-state index in [0.717, 1.165) is 51.7 Å². The standard InChI is InChI=1S/C21H22N4O3.C20H20N4O2.C19H17ClN4O/c1-27-18-9-5-6-14(19(18)28-2)10-12-23-21-24-13-11-17(25-21)15-7-3-4-8-16(15)20(22)26;25-19(16-8-3-1-4-9-16)23-18-12-14-22-20(24-18)21-13-7-15-26-17-10-5-2-6-11-17;20-16-3-1-2-13(12-16)8-10-22-19-23-11-9-17(24-19)14-4-6-15(7-5-14)18(21)25/h3-9,11,13H,10,12H2,1-2H3,(H2,22,26)(H,23,24,25);1-6,8-12,14H,7,13,15H2,(H2,21,22,23,24,25);1-7,9,11-12H,8,10H2,(H2,21,25)(H,22,23,24). The second-order valence-electron chi connectivity index (χ2n) is 17.0.